The predicted octanol–water partition coefficient (Wildman–Crippen LogP) is -0.0535. The molecule has 2 N–H and O–H groups in total. The third-order valence-electron chi connectivity index (χ3n) is 2.07. The van der Waals surface area contributed by atoms with Crippen LogP contribution < -0.4 is 5.73 Å². The Bertz CT molecular complexity index is 189. The van der Waals surface area contributed by atoms with E-state index in [-0.39, 0.29) is 6.61 Å². The SMILES string of the molecule is COCCCC(N)C(=O)OCCOCCOC. The van der Waals surface area contributed by atoms with Crippen LogP contribution in [-0.4, -0.2) is 59.3 Å². The third kappa shape index (κ3) is 10.2. The van der Waals surface area contributed by atoms with Gasteiger partial charge in [0.2, 0.25) is 0 Å². The van der Waals surface area contributed by atoms with Gasteiger partial charge < -0.3 is 24.7 Å². The van der Waals surface area contributed by atoms with Crippen LogP contribution in [-0.2, 0) is 23.7 Å². The molecule has 0 rings (SSSR count). The second-order valence-electron chi connectivity index (χ2n) is 3.51. The van der Waals surface area contributed by atoms with Crippen LogP contribution in [0.4, 0.5) is 0 Å². The van der Waals surface area contributed by atoms with Crippen LogP contribution in [0, 0.1) is 0 Å². The van der Waals surface area contributed by atoms with Gasteiger partial charge in [-0.15, -0.1) is 0 Å². The Morgan fingerprint density at radius 2 is 1.71 bits per heavy atom. The highest BCUT2D eigenvalue weighted by molar-refractivity contribution is 5.75. The van der Waals surface area contributed by atoms with E-state index in [4.69, 9.17) is 24.7 Å². The summed E-state index contributed by atoms with van der Waals surface area (Å²) in [5, 5.41) is 0. The average Bonchev–Trinajstić information content (AvgIpc) is 2.33. The number of esters is 1. The van der Waals surface area contributed by atoms with E-state index in [1.54, 1.807) is 14.2 Å². The highest BCUT2D eigenvalue weighted by Gasteiger charge is 2.13. The molecular formula is C11H23NO5. The first-order chi connectivity index (χ1) is 8.22. The molecule has 0 saturated heterocycles. The molecule has 0 aliphatic rings. The van der Waals surface area contributed by atoms with Crippen LogP contribution in [0.5, 0.6) is 0 Å². The van der Waals surface area contributed by atoms with E-state index in [0.717, 1.165) is 6.42 Å². The molecule has 102 valence electrons. The molecule has 6 nitrogen and oxygen atoms in total. The van der Waals surface area contributed by atoms with Crippen molar-refractivity contribution in [2.24, 2.45) is 5.73 Å². The highest BCUT2D eigenvalue weighted by atomic mass is 16.6. The van der Waals surface area contributed by atoms with Crippen molar-refractivity contribution in [1.29, 1.82) is 0 Å². The number of carbonyl (C=O) groups excluding carboxylic acids is 1. The number of hydrogen-bond donors (Lipinski definition) is 1. The van der Waals surface area contributed by atoms with Crippen molar-refractivity contribution in [3.05, 3.63) is 0 Å². The van der Waals surface area contributed by atoms with Gasteiger partial charge in [0.1, 0.15) is 12.6 Å². The number of ether oxygens (including phenoxy) is 4. The monoisotopic (exact) mass is 249 g/mol. The molecule has 1 atom stereocenters. The van der Waals surface area contributed by atoms with Crippen molar-refractivity contribution in [1.82, 2.24) is 0 Å². The Labute approximate surface area is 102 Å². The highest BCUT2D eigenvalue weighted by Crippen LogP contribution is 1.97. The maximum Gasteiger partial charge on any atom is 0.322 e. The molecule has 0 aliphatic carbocycles. The van der Waals surface area contributed by atoms with Gasteiger partial charge >= 0.3 is 5.97 Å². The van der Waals surface area contributed by atoms with Crippen molar-refractivity contribution in [2.45, 2.75) is 18.9 Å². The first kappa shape index (κ1) is 16.3. The van der Waals surface area contributed by atoms with Gasteiger partial charge in [0, 0.05) is 20.8 Å². The summed E-state index contributed by atoms with van der Waals surface area (Å²) >= 11 is 0. The molecule has 6 heteroatoms. The number of carbonyl (C=O) groups is 1. The Kier molecular flexibility index (Phi) is 11.3. The van der Waals surface area contributed by atoms with Gasteiger partial charge in [-0.05, 0) is 12.8 Å². The Morgan fingerprint density at radius 3 is 2.35 bits per heavy atom. The zero-order chi connectivity index (χ0) is 12.9. The smallest absolute Gasteiger partial charge is 0.322 e. The van der Waals surface area contributed by atoms with Crippen molar-refractivity contribution < 1.29 is 23.7 Å². The molecule has 0 aliphatic heterocycles. The first-order valence-corrected chi connectivity index (χ1v) is 5.70. The van der Waals surface area contributed by atoms with Crippen LogP contribution in [0.15, 0.2) is 0 Å². The van der Waals surface area contributed by atoms with Gasteiger partial charge in [-0.3, -0.25) is 4.79 Å². The van der Waals surface area contributed by atoms with Gasteiger partial charge in [0.05, 0.1) is 19.8 Å². The van der Waals surface area contributed by atoms with Gasteiger partial charge in [-0.25, -0.2) is 0 Å². The van der Waals surface area contributed by atoms with Gasteiger partial charge in [0.15, 0.2) is 0 Å². The Morgan fingerprint density at radius 1 is 1.06 bits per heavy atom. The molecule has 0 bridgehead atoms. The topological polar surface area (TPSA) is 80.0 Å². The normalized spacial score (nSPS) is 12.4. The fourth-order valence-corrected chi connectivity index (χ4v) is 1.12. The average molecular weight is 249 g/mol. The molecule has 0 radical (unpaired) electrons. The minimum Gasteiger partial charge on any atom is -0.462 e. The van der Waals surface area contributed by atoms with Crippen LogP contribution in [0.25, 0.3) is 0 Å². The number of rotatable bonds is 11. The second-order valence-corrected chi connectivity index (χ2v) is 3.51. The quantitative estimate of drug-likeness (QED) is 0.408. The van der Waals surface area contributed by atoms with E-state index in [1.807, 2.05) is 0 Å². The van der Waals surface area contributed by atoms with Crippen molar-refractivity contribution in [3.63, 3.8) is 0 Å². The Balaban J connectivity index is 3.37. The number of methoxy groups -OCH3 is 2. The second kappa shape index (κ2) is 11.8. The summed E-state index contributed by atoms with van der Waals surface area (Å²) in [4.78, 5) is 11.4. The summed E-state index contributed by atoms with van der Waals surface area (Å²) in [6.45, 7) is 2.21. The zero-order valence-corrected chi connectivity index (χ0v) is 10.6. The van der Waals surface area contributed by atoms with Crippen molar-refractivity contribution in [3.8, 4) is 0 Å². The lowest BCUT2D eigenvalue weighted by Gasteiger charge is -2.11. The fraction of sp³-hybridized carbons (Fsp3) is 0.909. The third-order valence-corrected chi connectivity index (χ3v) is 2.07. The summed E-state index contributed by atoms with van der Waals surface area (Å²) in [5.41, 5.74) is 5.63. The molecule has 0 aromatic carbocycles. The predicted molar refractivity (Wildman–Crippen MR) is 62.7 cm³/mol. The van der Waals surface area contributed by atoms with Crippen molar-refractivity contribution >= 4 is 5.97 Å². The minimum absolute atomic E-state index is 0.223. The van der Waals surface area contributed by atoms with Gasteiger partial charge in [0.25, 0.3) is 0 Å². The van der Waals surface area contributed by atoms with Crippen molar-refractivity contribution in [2.75, 3.05) is 47.3 Å². The summed E-state index contributed by atoms with van der Waals surface area (Å²) in [6.07, 6.45) is 1.31. The van der Waals surface area contributed by atoms with Gasteiger partial charge in [-0.1, -0.05) is 0 Å². The lowest BCUT2D eigenvalue weighted by molar-refractivity contribution is -0.147. The Hall–Kier alpha value is -0.690. The summed E-state index contributed by atoms with van der Waals surface area (Å²) in [5.74, 6) is -0.392. The molecule has 1 unspecified atom stereocenters. The number of hydrogen-bond acceptors (Lipinski definition) is 6. The van der Waals surface area contributed by atoms with Crippen LogP contribution in [0.1, 0.15) is 12.8 Å². The van der Waals surface area contributed by atoms with Crippen LogP contribution in [0.3, 0.4) is 0 Å². The molecule has 0 amide bonds. The van der Waals surface area contributed by atoms with Gasteiger partial charge in [-0.2, -0.15) is 0 Å². The lowest BCUT2D eigenvalue weighted by Crippen LogP contribution is -2.33. The van der Waals surface area contributed by atoms with E-state index >= 15 is 0 Å². The molecule has 17 heavy (non-hydrogen) atoms. The van der Waals surface area contributed by atoms with E-state index in [1.165, 1.54) is 0 Å². The van der Waals surface area contributed by atoms with E-state index in [9.17, 15) is 4.79 Å². The maximum atomic E-state index is 11.4. The largest absolute Gasteiger partial charge is 0.462 e. The summed E-state index contributed by atoms with van der Waals surface area (Å²) in [6, 6.07) is -0.580. The van der Waals surface area contributed by atoms with E-state index in [2.05, 4.69) is 0 Å². The maximum absolute atomic E-state index is 11.4. The molecule has 0 saturated carbocycles. The summed E-state index contributed by atoms with van der Waals surface area (Å²) < 4.78 is 19.8. The fourth-order valence-electron chi connectivity index (χ4n) is 1.12. The standard InChI is InChI=1S/C11H23NO5/c1-14-5-3-4-10(12)11(13)17-9-8-16-7-6-15-2/h10H,3-9,12H2,1-2H3. The summed E-state index contributed by atoms with van der Waals surface area (Å²) in [7, 11) is 3.21. The molecule has 0 aromatic rings. The van der Waals surface area contributed by atoms with E-state index < -0.39 is 12.0 Å². The molecule has 0 fully saturated rings. The number of nitrogens with two attached hydrogens (primary N) is 1. The van der Waals surface area contributed by atoms with E-state index in [0.29, 0.717) is 32.8 Å². The molecule has 0 heterocycles. The first-order valence-electron chi connectivity index (χ1n) is 5.70. The lowest BCUT2D eigenvalue weighted by atomic mass is 10.2. The molecule has 0 spiro atoms. The minimum atomic E-state index is -0.580. The van der Waals surface area contributed by atoms with Crippen LogP contribution in [0.2, 0.25) is 0 Å². The van der Waals surface area contributed by atoms with Crippen LogP contribution >= 0.6 is 0 Å². The molecular weight excluding hydrogens is 226 g/mol. The zero-order valence-electron chi connectivity index (χ0n) is 10.6. The molecule has 0 aromatic heterocycles.